The van der Waals surface area contributed by atoms with E-state index < -0.39 is 0 Å². The molecule has 0 bridgehead atoms. The molecule has 0 aliphatic carbocycles. The lowest BCUT2D eigenvalue weighted by Gasteiger charge is -2.31. The molecule has 1 saturated heterocycles. The molecular formula is C22H19ClN4O3S. The monoisotopic (exact) mass is 454 g/mol. The molecular weight excluding hydrogens is 436 g/mol. The molecule has 0 N–H and O–H groups in total. The Morgan fingerprint density at radius 1 is 1.16 bits per heavy atom. The van der Waals surface area contributed by atoms with Gasteiger partial charge in [0.2, 0.25) is 5.91 Å². The fraction of sp³-hybridized carbons (Fsp3) is 0.273. The maximum atomic E-state index is 12.7. The van der Waals surface area contributed by atoms with Gasteiger partial charge in [0.25, 0.3) is 10.8 Å². The Morgan fingerprint density at radius 3 is 2.77 bits per heavy atom. The quantitative estimate of drug-likeness (QED) is 0.469. The standard InChI is InChI=1S/C22H19ClN4O3S/c23-16-5-3-7-18-20(16)25-22(31-18)30-14-8-10-26(11-9-14)19(28)12-27-13-24-17-6-2-1-4-15(17)21(27)29/h1-7,13-14H,8-12H2. The van der Waals surface area contributed by atoms with E-state index in [1.54, 1.807) is 23.1 Å². The highest BCUT2D eigenvalue weighted by Gasteiger charge is 2.25. The first kappa shape index (κ1) is 20.0. The van der Waals surface area contributed by atoms with Gasteiger partial charge in [0.1, 0.15) is 18.2 Å². The summed E-state index contributed by atoms with van der Waals surface area (Å²) in [4.78, 5) is 35.9. The van der Waals surface area contributed by atoms with E-state index in [9.17, 15) is 9.59 Å². The fourth-order valence-corrected chi connectivity index (χ4v) is 4.96. The number of ether oxygens (including phenoxy) is 1. The highest BCUT2D eigenvalue weighted by molar-refractivity contribution is 7.20. The minimum Gasteiger partial charge on any atom is -0.467 e. The number of likely N-dealkylation sites (tertiary alicyclic amines) is 1. The number of carbonyl (C=O) groups is 1. The van der Waals surface area contributed by atoms with E-state index in [1.165, 1.54) is 22.2 Å². The number of piperidine rings is 1. The van der Waals surface area contributed by atoms with Crippen LogP contribution in [0.3, 0.4) is 0 Å². The summed E-state index contributed by atoms with van der Waals surface area (Å²) in [6, 6.07) is 12.8. The molecule has 7 nitrogen and oxygen atoms in total. The van der Waals surface area contributed by atoms with Crippen molar-refractivity contribution in [1.29, 1.82) is 0 Å². The molecule has 0 spiro atoms. The Balaban J connectivity index is 1.21. The predicted molar refractivity (Wildman–Crippen MR) is 121 cm³/mol. The molecule has 1 fully saturated rings. The predicted octanol–water partition coefficient (Wildman–Crippen LogP) is 3.73. The third-order valence-corrected chi connectivity index (χ3v) is 6.67. The lowest BCUT2D eigenvalue weighted by atomic mass is 10.1. The van der Waals surface area contributed by atoms with E-state index in [0.29, 0.717) is 47.1 Å². The second-order valence-corrected chi connectivity index (χ2v) is 8.86. The molecule has 5 rings (SSSR count). The van der Waals surface area contributed by atoms with Crippen LogP contribution in [0.2, 0.25) is 5.02 Å². The zero-order valence-corrected chi connectivity index (χ0v) is 18.1. The first-order chi connectivity index (χ1) is 15.1. The van der Waals surface area contributed by atoms with Crippen molar-refractivity contribution in [3.8, 4) is 5.19 Å². The van der Waals surface area contributed by atoms with Crippen LogP contribution in [0.1, 0.15) is 12.8 Å². The summed E-state index contributed by atoms with van der Waals surface area (Å²) in [5.41, 5.74) is 1.18. The van der Waals surface area contributed by atoms with Crippen LogP contribution in [0.25, 0.3) is 21.1 Å². The molecule has 31 heavy (non-hydrogen) atoms. The van der Waals surface area contributed by atoms with Crippen LogP contribution in [-0.2, 0) is 11.3 Å². The molecule has 9 heteroatoms. The van der Waals surface area contributed by atoms with Gasteiger partial charge in [-0.3, -0.25) is 14.2 Å². The Labute approximate surface area is 186 Å². The number of benzene rings is 2. The third-order valence-electron chi connectivity index (χ3n) is 5.45. The largest absolute Gasteiger partial charge is 0.467 e. The number of carbonyl (C=O) groups excluding carboxylic acids is 1. The first-order valence-corrected chi connectivity index (χ1v) is 11.2. The average Bonchev–Trinajstić information content (AvgIpc) is 3.20. The van der Waals surface area contributed by atoms with Crippen molar-refractivity contribution >= 4 is 50.0 Å². The van der Waals surface area contributed by atoms with E-state index >= 15 is 0 Å². The Hall–Kier alpha value is -2.97. The minimum absolute atomic E-state index is 0.00607. The molecule has 1 amide bonds. The van der Waals surface area contributed by atoms with E-state index in [1.807, 2.05) is 24.3 Å². The van der Waals surface area contributed by atoms with Crippen LogP contribution in [0.5, 0.6) is 5.19 Å². The van der Waals surface area contributed by atoms with Crippen molar-refractivity contribution in [3.63, 3.8) is 0 Å². The van der Waals surface area contributed by atoms with Crippen LogP contribution in [0, 0.1) is 0 Å². The lowest BCUT2D eigenvalue weighted by molar-refractivity contribution is -0.133. The van der Waals surface area contributed by atoms with E-state index in [2.05, 4.69) is 9.97 Å². The summed E-state index contributed by atoms with van der Waals surface area (Å²) in [6.07, 6.45) is 2.85. The molecule has 2 aromatic carbocycles. The summed E-state index contributed by atoms with van der Waals surface area (Å²) in [5, 5.41) is 1.73. The van der Waals surface area contributed by atoms with Crippen molar-refractivity contribution in [2.24, 2.45) is 0 Å². The van der Waals surface area contributed by atoms with Crippen molar-refractivity contribution in [2.45, 2.75) is 25.5 Å². The number of thiazole rings is 1. The van der Waals surface area contributed by atoms with Crippen LogP contribution < -0.4 is 10.3 Å². The maximum absolute atomic E-state index is 12.7. The first-order valence-electron chi connectivity index (χ1n) is 10.0. The van der Waals surface area contributed by atoms with Crippen molar-refractivity contribution in [2.75, 3.05) is 13.1 Å². The van der Waals surface area contributed by atoms with Gasteiger partial charge in [0.05, 0.1) is 27.0 Å². The SMILES string of the molecule is O=C(Cn1cnc2ccccc2c1=O)N1CCC(Oc2nc3c(Cl)cccc3s2)CC1. The summed E-state index contributed by atoms with van der Waals surface area (Å²) < 4.78 is 8.42. The van der Waals surface area contributed by atoms with Crippen molar-refractivity contribution in [1.82, 2.24) is 19.4 Å². The molecule has 1 aliphatic heterocycles. The molecule has 0 unspecified atom stereocenters. The molecule has 158 valence electrons. The van der Waals surface area contributed by atoms with Gasteiger partial charge < -0.3 is 9.64 Å². The Kier molecular flexibility index (Phi) is 5.33. The van der Waals surface area contributed by atoms with Gasteiger partial charge in [-0.25, -0.2) is 9.97 Å². The topological polar surface area (TPSA) is 77.3 Å². The van der Waals surface area contributed by atoms with Crippen LogP contribution in [-0.4, -0.2) is 44.5 Å². The van der Waals surface area contributed by atoms with Gasteiger partial charge in [-0.05, 0) is 24.3 Å². The van der Waals surface area contributed by atoms with Crippen LogP contribution >= 0.6 is 22.9 Å². The smallest absolute Gasteiger partial charge is 0.274 e. The molecule has 1 aliphatic rings. The molecule has 4 aromatic rings. The molecule has 0 radical (unpaired) electrons. The van der Waals surface area contributed by atoms with E-state index in [0.717, 1.165) is 10.2 Å². The Bertz CT molecular complexity index is 1330. The number of para-hydroxylation sites is 2. The lowest BCUT2D eigenvalue weighted by Crippen LogP contribution is -2.44. The van der Waals surface area contributed by atoms with Gasteiger partial charge in [0, 0.05) is 25.9 Å². The summed E-state index contributed by atoms with van der Waals surface area (Å²) in [7, 11) is 0. The van der Waals surface area contributed by atoms with Crippen molar-refractivity contribution < 1.29 is 9.53 Å². The number of amides is 1. The number of nitrogens with zero attached hydrogens (tertiary/aromatic N) is 4. The maximum Gasteiger partial charge on any atom is 0.274 e. The zero-order chi connectivity index (χ0) is 21.4. The van der Waals surface area contributed by atoms with Crippen LogP contribution in [0.15, 0.2) is 53.6 Å². The molecule has 3 heterocycles. The number of hydrogen-bond acceptors (Lipinski definition) is 6. The summed E-state index contributed by atoms with van der Waals surface area (Å²) in [6.45, 7) is 1.13. The molecule has 0 atom stereocenters. The second-order valence-electron chi connectivity index (χ2n) is 7.46. The molecule has 0 saturated carbocycles. The van der Waals surface area contributed by atoms with Gasteiger partial charge in [-0.2, -0.15) is 0 Å². The van der Waals surface area contributed by atoms with Gasteiger partial charge in [-0.1, -0.05) is 41.1 Å². The number of aromatic nitrogens is 3. The highest BCUT2D eigenvalue weighted by atomic mass is 35.5. The third kappa shape index (κ3) is 4.00. The number of hydrogen-bond donors (Lipinski definition) is 0. The normalized spacial score (nSPS) is 14.9. The summed E-state index contributed by atoms with van der Waals surface area (Å²) in [5.74, 6) is -0.0931. The fourth-order valence-electron chi connectivity index (χ4n) is 3.78. The van der Waals surface area contributed by atoms with E-state index in [-0.39, 0.29) is 24.1 Å². The molecule has 2 aromatic heterocycles. The highest BCUT2D eigenvalue weighted by Crippen LogP contribution is 2.33. The number of fused-ring (bicyclic) bond motifs is 2. The average molecular weight is 455 g/mol. The van der Waals surface area contributed by atoms with Crippen molar-refractivity contribution in [3.05, 3.63) is 64.2 Å². The van der Waals surface area contributed by atoms with Gasteiger partial charge in [-0.15, -0.1) is 0 Å². The minimum atomic E-state index is -0.202. The zero-order valence-electron chi connectivity index (χ0n) is 16.5. The van der Waals surface area contributed by atoms with E-state index in [4.69, 9.17) is 16.3 Å². The van der Waals surface area contributed by atoms with Gasteiger partial charge >= 0.3 is 0 Å². The van der Waals surface area contributed by atoms with Gasteiger partial charge in [0.15, 0.2) is 0 Å². The number of halogens is 1. The van der Waals surface area contributed by atoms with Crippen LogP contribution in [0.4, 0.5) is 0 Å². The summed E-state index contributed by atoms with van der Waals surface area (Å²) >= 11 is 7.67. The Morgan fingerprint density at radius 2 is 1.97 bits per heavy atom. The second kappa shape index (κ2) is 8.28. The number of rotatable bonds is 4.